The Kier molecular flexibility index (Phi) is 4.13. The third-order valence-electron chi connectivity index (χ3n) is 3.75. The van der Waals surface area contributed by atoms with Crippen molar-refractivity contribution in [3.05, 3.63) is 34.6 Å². The molecule has 0 fully saturated rings. The minimum absolute atomic E-state index is 0.503. The summed E-state index contributed by atoms with van der Waals surface area (Å²) in [5.74, 6) is 0. The van der Waals surface area contributed by atoms with Crippen LogP contribution < -0.4 is 5.32 Å². The lowest BCUT2D eigenvalue weighted by Gasteiger charge is -2.22. The second-order valence-corrected chi connectivity index (χ2v) is 6.45. The van der Waals surface area contributed by atoms with Crippen LogP contribution in [0.4, 0.5) is 0 Å². The largest absolute Gasteiger partial charge is 0.309 e. The van der Waals surface area contributed by atoms with Gasteiger partial charge in [0.15, 0.2) is 0 Å². The molecular weight excluding hydrogens is 266 g/mol. The van der Waals surface area contributed by atoms with Gasteiger partial charge in [-0.25, -0.2) is 4.98 Å². The van der Waals surface area contributed by atoms with Crippen LogP contribution in [0.15, 0.2) is 18.3 Å². The van der Waals surface area contributed by atoms with Crippen molar-refractivity contribution in [2.75, 3.05) is 6.54 Å². The molecule has 1 atom stereocenters. The number of hydrogen-bond acceptors (Lipinski definition) is 4. The number of fused-ring (bicyclic) bond motifs is 1. The number of nitrogens with zero attached hydrogens (tertiary/aromatic N) is 2. The average Bonchev–Trinajstić information content (AvgIpc) is 2.90. The lowest BCUT2D eigenvalue weighted by Crippen LogP contribution is -2.24. The van der Waals surface area contributed by atoms with Gasteiger partial charge in [0, 0.05) is 28.4 Å². The number of pyridine rings is 1. The van der Waals surface area contributed by atoms with E-state index < -0.39 is 0 Å². The molecule has 20 heavy (non-hydrogen) atoms. The number of nitrogens with one attached hydrogen (secondary N) is 1. The molecule has 0 saturated heterocycles. The first-order chi connectivity index (χ1) is 9.78. The van der Waals surface area contributed by atoms with Gasteiger partial charge < -0.3 is 5.32 Å². The summed E-state index contributed by atoms with van der Waals surface area (Å²) in [5.41, 5.74) is 3.49. The molecule has 2 aromatic heterocycles. The predicted molar refractivity (Wildman–Crippen MR) is 84.1 cm³/mol. The van der Waals surface area contributed by atoms with Crippen LogP contribution in [0, 0.1) is 6.92 Å². The molecule has 1 N–H and O–H groups in total. The molecule has 1 aliphatic rings. The molecule has 4 heteroatoms. The highest BCUT2D eigenvalue weighted by Gasteiger charge is 2.24. The molecule has 2 aromatic rings. The number of rotatable bonds is 4. The number of hydrogen-bond donors (Lipinski definition) is 1. The van der Waals surface area contributed by atoms with Gasteiger partial charge in [0.2, 0.25) is 0 Å². The third kappa shape index (κ3) is 2.76. The Hall–Kier alpha value is -1.26. The van der Waals surface area contributed by atoms with E-state index >= 15 is 0 Å². The van der Waals surface area contributed by atoms with Crippen LogP contribution in [0.3, 0.4) is 0 Å². The summed E-state index contributed by atoms with van der Waals surface area (Å²) in [5, 5.41) is 4.77. The van der Waals surface area contributed by atoms with Crippen LogP contribution in [0.5, 0.6) is 0 Å². The first kappa shape index (κ1) is 13.7. The maximum Gasteiger partial charge on any atom is 0.125 e. The second kappa shape index (κ2) is 6.02. The molecule has 1 aliphatic carbocycles. The maximum absolute atomic E-state index is 4.85. The van der Waals surface area contributed by atoms with E-state index in [0.717, 1.165) is 29.2 Å². The third-order valence-corrected chi connectivity index (χ3v) is 5.01. The molecule has 0 radical (unpaired) electrons. The summed E-state index contributed by atoms with van der Waals surface area (Å²) in [6.07, 6.45) is 6.72. The molecule has 3 nitrogen and oxygen atoms in total. The number of aryl methyl sites for hydroxylation is 2. The van der Waals surface area contributed by atoms with Crippen molar-refractivity contribution in [1.29, 1.82) is 0 Å². The lowest BCUT2D eigenvalue weighted by molar-refractivity contribution is 0.465. The zero-order valence-electron chi connectivity index (χ0n) is 12.1. The highest BCUT2D eigenvalue weighted by Crippen LogP contribution is 2.37. The van der Waals surface area contributed by atoms with Crippen molar-refractivity contribution in [3.8, 4) is 10.6 Å². The van der Waals surface area contributed by atoms with Gasteiger partial charge in [-0.05, 0) is 51.3 Å². The molecule has 2 heterocycles. The van der Waals surface area contributed by atoms with Gasteiger partial charge in [0.25, 0.3) is 0 Å². The van der Waals surface area contributed by atoms with Crippen molar-refractivity contribution < 1.29 is 0 Å². The molecule has 0 bridgehead atoms. The number of aromatic nitrogens is 2. The van der Waals surface area contributed by atoms with Crippen molar-refractivity contribution in [2.24, 2.45) is 0 Å². The second-order valence-electron chi connectivity index (χ2n) is 5.42. The molecule has 3 rings (SSSR count). The fourth-order valence-electron chi connectivity index (χ4n) is 2.65. The van der Waals surface area contributed by atoms with Crippen molar-refractivity contribution in [3.63, 3.8) is 0 Å². The van der Waals surface area contributed by atoms with E-state index in [4.69, 9.17) is 4.98 Å². The summed E-state index contributed by atoms with van der Waals surface area (Å²) in [7, 11) is 0. The summed E-state index contributed by atoms with van der Waals surface area (Å²) in [6, 6.07) is 4.69. The molecule has 0 saturated carbocycles. The standard InChI is InChI=1S/C16H21N3S/c1-3-9-17-13-5-4-6-14-15(13)20-16(19-14)12-8-7-11(2)18-10-12/h7-8,10,13,17H,3-6,9H2,1-2H3. The van der Waals surface area contributed by atoms with Crippen LogP contribution in [0.2, 0.25) is 0 Å². The Bertz CT molecular complexity index is 574. The van der Waals surface area contributed by atoms with E-state index in [2.05, 4.69) is 29.4 Å². The fourth-order valence-corrected chi connectivity index (χ4v) is 3.86. The topological polar surface area (TPSA) is 37.8 Å². The van der Waals surface area contributed by atoms with E-state index in [1.165, 1.54) is 29.8 Å². The SMILES string of the molecule is CCCNC1CCCc2nc(-c3ccc(C)nc3)sc21. The monoisotopic (exact) mass is 287 g/mol. The maximum atomic E-state index is 4.85. The van der Waals surface area contributed by atoms with Crippen LogP contribution in [-0.4, -0.2) is 16.5 Å². The minimum atomic E-state index is 0.503. The Morgan fingerprint density at radius 2 is 2.30 bits per heavy atom. The average molecular weight is 287 g/mol. The zero-order valence-corrected chi connectivity index (χ0v) is 13.0. The van der Waals surface area contributed by atoms with Crippen molar-refractivity contribution >= 4 is 11.3 Å². The lowest BCUT2D eigenvalue weighted by atomic mass is 9.98. The zero-order chi connectivity index (χ0) is 13.9. The van der Waals surface area contributed by atoms with Crippen molar-refractivity contribution in [1.82, 2.24) is 15.3 Å². The van der Waals surface area contributed by atoms with E-state index in [1.54, 1.807) is 0 Å². The summed E-state index contributed by atoms with van der Waals surface area (Å²) >= 11 is 1.84. The first-order valence-corrected chi connectivity index (χ1v) is 8.25. The minimum Gasteiger partial charge on any atom is -0.309 e. The molecule has 0 amide bonds. The Morgan fingerprint density at radius 3 is 3.05 bits per heavy atom. The van der Waals surface area contributed by atoms with Gasteiger partial charge >= 0.3 is 0 Å². The van der Waals surface area contributed by atoms with Gasteiger partial charge in [0.05, 0.1) is 5.69 Å². The van der Waals surface area contributed by atoms with E-state index in [9.17, 15) is 0 Å². The Morgan fingerprint density at radius 1 is 1.40 bits per heavy atom. The molecular formula is C16H21N3S. The van der Waals surface area contributed by atoms with Crippen LogP contribution >= 0.6 is 11.3 Å². The van der Waals surface area contributed by atoms with Gasteiger partial charge in [-0.15, -0.1) is 11.3 Å². The Balaban J connectivity index is 1.88. The molecule has 1 unspecified atom stereocenters. The fraction of sp³-hybridized carbons (Fsp3) is 0.500. The van der Waals surface area contributed by atoms with Gasteiger partial charge in [0.1, 0.15) is 5.01 Å². The van der Waals surface area contributed by atoms with Gasteiger partial charge in [-0.3, -0.25) is 4.98 Å². The first-order valence-electron chi connectivity index (χ1n) is 7.44. The molecule has 0 spiro atoms. The molecule has 106 valence electrons. The summed E-state index contributed by atoms with van der Waals surface area (Å²) in [6.45, 7) is 5.32. The van der Waals surface area contributed by atoms with Crippen LogP contribution in [-0.2, 0) is 6.42 Å². The highest BCUT2D eigenvalue weighted by atomic mass is 32.1. The quantitative estimate of drug-likeness (QED) is 0.927. The summed E-state index contributed by atoms with van der Waals surface area (Å²) in [4.78, 5) is 10.7. The van der Waals surface area contributed by atoms with E-state index in [-0.39, 0.29) is 0 Å². The normalized spacial score (nSPS) is 18.0. The van der Waals surface area contributed by atoms with E-state index in [1.807, 2.05) is 24.5 Å². The summed E-state index contributed by atoms with van der Waals surface area (Å²) < 4.78 is 0. The predicted octanol–water partition coefficient (Wildman–Crippen LogP) is 3.89. The van der Waals surface area contributed by atoms with Crippen molar-refractivity contribution in [2.45, 2.75) is 45.6 Å². The van der Waals surface area contributed by atoms with Crippen LogP contribution in [0.25, 0.3) is 10.6 Å². The van der Waals surface area contributed by atoms with E-state index in [0.29, 0.717) is 6.04 Å². The number of thiazole rings is 1. The van der Waals surface area contributed by atoms with Crippen LogP contribution in [0.1, 0.15) is 48.5 Å². The molecule has 0 aliphatic heterocycles. The molecule has 0 aromatic carbocycles. The smallest absolute Gasteiger partial charge is 0.125 e. The van der Waals surface area contributed by atoms with Gasteiger partial charge in [-0.2, -0.15) is 0 Å². The highest BCUT2D eigenvalue weighted by molar-refractivity contribution is 7.15. The Labute approximate surface area is 124 Å². The van der Waals surface area contributed by atoms with Gasteiger partial charge in [-0.1, -0.05) is 6.92 Å².